The summed E-state index contributed by atoms with van der Waals surface area (Å²) >= 11 is 0. The fraction of sp³-hybridized carbons (Fsp3) is 0.462. The maximum atomic E-state index is 13.2. The molecule has 0 aliphatic carbocycles. The summed E-state index contributed by atoms with van der Waals surface area (Å²) in [6.45, 7) is 6.87. The van der Waals surface area contributed by atoms with Gasteiger partial charge in [0.2, 0.25) is 0 Å². The Kier molecular flexibility index (Phi) is 5.58. The average Bonchev–Trinajstić information content (AvgIpc) is 2.37. The number of likely N-dealkylation sites (N-methyl/N-ethyl adjacent to an activating group) is 1. The van der Waals surface area contributed by atoms with Crippen LogP contribution in [-0.4, -0.2) is 37.1 Å². The first-order valence-corrected chi connectivity index (χ1v) is 6.03. The van der Waals surface area contributed by atoms with Gasteiger partial charge in [0.05, 0.1) is 11.3 Å². The van der Waals surface area contributed by atoms with Crippen molar-refractivity contribution in [2.75, 3.05) is 32.0 Å². The van der Waals surface area contributed by atoms with Crippen molar-refractivity contribution in [3.05, 3.63) is 29.6 Å². The van der Waals surface area contributed by atoms with E-state index in [2.05, 4.69) is 4.90 Å². The van der Waals surface area contributed by atoms with Gasteiger partial charge in [0.25, 0.3) is 0 Å². The second-order valence-corrected chi connectivity index (χ2v) is 3.90. The fourth-order valence-electron chi connectivity index (χ4n) is 1.54. The van der Waals surface area contributed by atoms with Gasteiger partial charge in [-0.15, -0.1) is 0 Å². The summed E-state index contributed by atoms with van der Waals surface area (Å²) in [5.41, 5.74) is 5.54. The molecule has 1 rings (SSSR count). The number of esters is 1. The Morgan fingerprint density at radius 2 is 2.06 bits per heavy atom. The number of halogens is 1. The molecule has 1 aromatic carbocycles. The number of nitrogens with zero attached hydrogens (tertiary/aromatic N) is 1. The molecule has 5 heteroatoms. The van der Waals surface area contributed by atoms with E-state index in [0.29, 0.717) is 13.2 Å². The normalized spacial score (nSPS) is 10.7. The first-order valence-electron chi connectivity index (χ1n) is 6.03. The molecule has 2 N–H and O–H groups in total. The van der Waals surface area contributed by atoms with Crippen LogP contribution in [0.15, 0.2) is 18.2 Å². The molecule has 0 unspecified atom stereocenters. The van der Waals surface area contributed by atoms with Crippen LogP contribution >= 0.6 is 0 Å². The summed E-state index contributed by atoms with van der Waals surface area (Å²) in [5, 5.41) is 0. The minimum atomic E-state index is -0.604. The fourth-order valence-corrected chi connectivity index (χ4v) is 1.54. The van der Waals surface area contributed by atoms with Gasteiger partial charge in [-0.1, -0.05) is 13.8 Å². The minimum absolute atomic E-state index is 0.0229. The van der Waals surface area contributed by atoms with E-state index in [4.69, 9.17) is 10.5 Å². The number of nitrogens with two attached hydrogens (primary N) is 1. The van der Waals surface area contributed by atoms with Crippen LogP contribution in [0.5, 0.6) is 0 Å². The largest absolute Gasteiger partial charge is 0.461 e. The molecule has 0 saturated carbocycles. The number of rotatable bonds is 6. The smallest absolute Gasteiger partial charge is 0.338 e. The SMILES string of the molecule is CCN(CC)CCOC(=O)c1ccc(N)c(F)c1. The number of anilines is 1. The number of ether oxygens (including phenoxy) is 1. The zero-order valence-electron chi connectivity index (χ0n) is 10.8. The van der Waals surface area contributed by atoms with Crippen molar-refractivity contribution >= 4 is 11.7 Å². The monoisotopic (exact) mass is 254 g/mol. The Bertz CT molecular complexity index is 406. The van der Waals surface area contributed by atoms with Crippen molar-refractivity contribution in [3.63, 3.8) is 0 Å². The molecule has 0 saturated heterocycles. The number of carbonyl (C=O) groups is 1. The molecule has 100 valence electrons. The van der Waals surface area contributed by atoms with Crippen molar-refractivity contribution in [2.24, 2.45) is 0 Å². The van der Waals surface area contributed by atoms with Crippen LogP contribution in [0.25, 0.3) is 0 Å². The van der Waals surface area contributed by atoms with E-state index in [0.717, 1.165) is 19.2 Å². The molecule has 0 bridgehead atoms. The van der Waals surface area contributed by atoms with Gasteiger partial charge in [-0.25, -0.2) is 9.18 Å². The van der Waals surface area contributed by atoms with Crippen LogP contribution in [0.4, 0.5) is 10.1 Å². The Morgan fingerprint density at radius 1 is 1.39 bits per heavy atom. The number of hydrogen-bond acceptors (Lipinski definition) is 4. The third-order valence-corrected chi connectivity index (χ3v) is 2.77. The topological polar surface area (TPSA) is 55.6 Å². The number of benzene rings is 1. The molecular formula is C13H19FN2O2. The third kappa shape index (κ3) is 4.00. The lowest BCUT2D eigenvalue weighted by atomic mass is 10.2. The number of carbonyl (C=O) groups excluding carboxylic acids is 1. The van der Waals surface area contributed by atoms with Gasteiger partial charge in [-0.3, -0.25) is 0 Å². The van der Waals surface area contributed by atoms with Gasteiger partial charge >= 0.3 is 5.97 Å². The highest BCUT2D eigenvalue weighted by molar-refractivity contribution is 5.89. The van der Waals surface area contributed by atoms with Crippen LogP contribution in [0, 0.1) is 5.82 Å². The van der Waals surface area contributed by atoms with Crippen molar-refractivity contribution < 1.29 is 13.9 Å². The number of hydrogen-bond donors (Lipinski definition) is 1. The maximum Gasteiger partial charge on any atom is 0.338 e. The molecule has 0 radical (unpaired) electrons. The first-order chi connectivity index (χ1) is 8.58. The van der Waals surface area contributed by atoms with Crippen molar-refractivity contribution in [2.45, 2.75) is 13.8 Å². The predicted molar refractivity (Wildman–Crippen MR) is 68.9 cm³/mol. The molecule has 0 amide bonds. The summed E-state index contributed by atoms with van der Waals surface area (Å²) in [4.78, 5) is 13.8. The lowest BCUT2D eigenvalue weighted by molar-refractivity contribution is 0.0466. The van der Waals surface area contributed by atoms with Crippen molar-refractivity contribution in [1.29, 1.82) is 0 Å². The molecule has 0 aromatic heterocycles. The lowest BCUT2D eigenvalue weighted by Gasteiger charge is -2.17. The van der Waals surface area contributed by atoms with Gasteiger partial charge in [0, 0.05) is 6.54 Å². The standard InChI is InChI=1S/C13H19FN2O2/c1-3-16(4-2)7-8-18-13(17)10-5-6-12(15)11(14)9-10/h5-6,9H,3-4,7-8,15H2,1-2H3. The Labute approximate surface area is 107 Å². The molecule has 4 nitrogen and oxygen atoms in total. The van der Waals surface area contributed by atoms with E-state index in [9.17, 15) is 9.18 Å². The number of nitrogen functional groups attached to an aromatic ring is 1. The van der Waals surface area contributed by atoms with Crippen LogP contribution in [-0.2, 0) is 4.74 Å². The molecule has 0 aliphatic rings. The van der Waals surface area contributed by atoms with Crippen LogP contribution in [0.2, 0.25) is 0 Å². The van der Waals surface area contributed by atoms with Crippen LogP contribution in [0.1, 0.15) is 24.2 Å². The lowest BCUT2D eigenvalue weighted by Crippen LogP contribution is -2.27. The molecule has 0 atom stereocenters. The molecule has 18 heavy (non-hydrogen) atoms. The second kappa shape index (κ2) is 6.96. The minimum Gasteiger partial charge on any atom is -0.461 e. The summed E-state index contributed by atoms with van der Waals surface area (Å²) in [6.07, 6.45) is 0. The average molecular weight is 254 g/mol. The predicted octanol–water partition coefficient (Wildman–Crippen LogP) is 1.91. The third-order valence-electron chi connectivity index (χ3n) is 2.77. The molecule has 0 heterocycles. The molecular weight excluding hydrogens is 235 g/mol. The maximum absolute atomic E-state index is 13.2. The van der Waals surface area contributed by atoms with Gasteiger partial charge in [0.15, 0.2) is 0 Å². The summed E-state index contributed by atoms with van der Waals surface area (Å²) in [7, 11) is 0. The zero-order chi connectivity index (χ0) is 13.5. The van der Waals surface area contributed by atoms with Crippen molar-refractivity contribution in [1.82, 2.24) is 4.90 Å². The van der Waals surface area contributed by atoms with Crippen molar-refractivity contribution in [3.8, 4) is 0 Å². The molecule has 1 aromatic rings. The van der Waals surface area contributed by atoms with Gasteiger partial charge in [-0.05, 0) is 31.3 Å². The Morgan fingerprint density at radius 3 is 2.61 bits per heavy atom. The molecule has 0 aliphatic heterocycles. The zero-order valence-corrected chi connectivity index (χ0v) is 10.8. The highest BCUT2D eigenvalue weighted by Gasteiger charge is 2.10. The van der Waals surface area contributed by atoms with Gasteiger partial charge in [0.1, 0.15) is 12.4 Å². The van der Waals surface area contributed by atoms with E-state index < -0.39 is 11.8 Å². The second-order valence-electron chi connectivity index (χ2n) is 3.90. The highest BCUT2D eigenvalue weighted by atomic mass is 19.1. The van der Waals surface area contributed by atoms with Gasteiger partial charge in [-0.2, -0.15) is 0 Å². The van der Waals surface area contributed by atoms with E-state index in [-0.39, 0.29) is 11.3 Å². The van der Waals surface area contributed by atoms with E-state index in [1.165, 1.54) is 12.1 Å². The highest BCUT2D eigenvalue weighted by Crippen LogP contribution is 2.12. The quantitative estimate of drug-likeness (QED) is 0.622. The summed E-state index contributed by atoms with van der Waals surface area (Å²) < 4.78 is 18.2. The van der Waals surface area contributed by atoms with E-state index in [1.54, 1.807) is 0 Å². The Hall–Kier alpha value is -1.62. The molecule has 0 spiro atoms. The first kappa shape index (κ1) is 14.4. The summed E-state index contributed by atoms with van der Waals surface area (Å²) in [6, 6.07) is 3.91. The Balaban J connectivity index is 2.48. The molecule has 0 fully saturated rings. The van der Waals surface area contributed by atoms with Gasteiger partial charge < -0.3 is 15.4 Å². The van der Waals surface area contributed by atoms with Crippen LogP contribution in [0.3, 0.4) is 0 Å². The van der Waals surface area contributed by atoms with E-state index >= 15 is 0 Å². The van der Waals surface area contributed by atoms with Crippen LogP contribution < -0.4 is 5.73 Å². The summed E-state index contributed by atoms with van der Waals surface area (Å²) in [5.74, 6) is -1.13. The van der Waals surface area contributed by atoms with E-state index in [1.807, 2.05) is 13.8 Å².